The number of benzene rings is 2. The summed E-state index contributed by atoms with van der Waals surface area (Å²) in [6, 6.07) is 15.3. The third-order valence-electron chi connectivity index (χ3n) is 4.45. The van der Waals surface area contributed by atoms with Crippen molar-refractivity contribution in [2.45, 2.75) is 45.1 Å². The van der Waals surface area contributed by atoms with Gasteiger partial charge in [0, 0.05) is 5.02 Å². The molecule has 0 aliphatic rings. The van der Waals surface area contributed by atoms with Crippen LogP contribution in [0, 0.1) is 5.92 Å². The van der Waals surface area contributed by atoms with Crippen LogP contribution in [0.25, 0.3) is 0 Å². The van der Waals surface area contributed by atoms with E-state index >= 15 is 0 Å². The minimum absolute atomic E-state index is 0.0766. The largest absolute Gasteiger partial charge is 0.484 e. The Morgan fingerprint density at radius 2 is 1.81 bits per heavy atom. The van der Waals surface area contributed by atoms with Gasteiger partial charge in [0.05, 0.1) is 11.8 Å². The van der Waals surface area contributed by atoms with E-state index < -0.39 is 0 Å². The van der Waals surface area contributed by atoms with Gasteiger partial charge in [-0.25, -0.2) is 0 Å². The molecule has 1 aromatic heterocycles. The maximum atomic E-state index is 12.3. The van der Waals surface area contributed by atoms with Gasteiger partial charge in [-0.05, 0) is 54.7 Å². The van der Waals surface area contributed by atoms with Crippen LogP contribution < -0.4 is 10.1 Å². The fraction of sp³-hybridized carbons (Fsp3) is 0.348. The second-order valence-electron chi connectivity index (χ2n) is 7.62. The van der Waals surface area contributed by atoms with Crippen molar-refractivity contribution in [1.29, 1.82) is 0 Å². The van der Waals surface area contributed by atoms with Crippen LogP contribution in [-0.2, 0) is 17.8 Å². The first-order valence-electron chi connectivity index (χ1n) is 10.1. The summed E-state index contributed by atoms with van der Waals surface area (Å²) in [5.41, 5.74) is 2.38. The number of thioether (sulfide) groups is 1. The molecule has 8 heteroatoms. The molecule has 1 amide bonds. The third-order valence-corrected chi connectivity index (χ3v) is 5.52. The lowest BCUT2D eigenvalue weighted by atomic mass is 10.00. The molecule has 31 heavy (non-hydrogen) atoms. The van der Waals surface area contributed by atoms with Gasteiger partial charge >= 0.3 is 0 Å². The third kappa shape index (κ3) is 7.60. The quantitative estimate of drug-likeness (QED) is 0.405. The first kappa shape index (κ1) is 23.2. The molecular weight excluding hydrogens is 434 g/mol. The number of amides is 1. The van der Waals surface area contributed by atoms with Crippen LogP contribution in [0.15, 0.2) is 58.2 Å². The van der Waals surface area contributed by atoms with Gasteiger partial charge in [0.1, 0.15) is 5.75 Å². The van der Waals surface area contributed by atoms with Gasteiger partial charge in [0.15, 0.2) is 6.61 Å². The van der Waals surface area contributed by atoms with Gasteiger partial charge in [-0.1, -0.05) is 61.5 Å². The summed E-state index contributed by atoms with van der Waals surface area (Å²) in [7, 11) is 0. The first-order chi connectivity index (χ1) is 14.9. The maximum Gasteiger partial charge on any atom is 0.277 e. The number of hydrogen-bond acceptors (Lipinski definition) is 6. The zero-order chi connectivity index (χ0) is 22.2. The Morgan fingerprint density at radius 3 is 2.48 bits per heavy atom. The number of carbonyl (C=O) groups excluding carboxylic acids is 1. The minimum atomic E-state index is -0.0964. The second kappa shape index (κ2) is 11.2. The molecule has 1 atom stereocenters. The van der Waals surface area contributed by atoms with Crippen molar-refractivity contribution in [1.82, 2.24) is 15.5 Å². The van der Waals surface area contributed by atoms with E-state index in [0.717, 1.165) is 12.0 Å². The highest BCUT2D eigenvalue weighted by atomic mass is 35.5. The van der Waals surface area contributed by atoms with Crippen LogP contribution in [0.2, 0.25) is 5.02 Å². The fourth-order valence-corrected chi connectivity index (χ4v) is 3.66. The van der Waals surface area contributed by atoms with Crippen LogP contribution in [-0.4, -0.2) is 21.9 Å². The highest BCUT2D eigenvalue weighted by Crippen LogP contribution is 2.20. The molecule has 0 aliphatic heterocycles. The van der Waals surface area contributed by atoms with Gasteiger partial charge < -0.3 is 14.5 Å². The predicted octanol–water partition coefficient (Wildman–Crippen LogP) is 5.47. The summed E-state index contributed by atoms with van der Waals surface area (Å²) in [6.07, 6.45) is 1.05. The monoisotopic (exact) mass is 459 g/mol. The van der Waals surface area contributed by atoms with Crippen LogP contribution in [0.3, 0.4) is 0 Å². The standard InChI is InChI=1S/C23H26ClN3O3S/c1-15(2)12-17-4-6-18(7-5-17)16(3)25-21(28)14-31-23-27-26-22(30-23)13-29-20-10-8-19(24)9-11-20/h4-11,15-16H,12-14H2,1-3H3,(H,25,28). The van der Waals surface area contributed by atoms with E-state index in [4.69, 9.17) is 20.8 Å². The Hall–Kier alpha value is -2.51. The Kier molecular flexibility index (Phi) is 8.37. The number of nitrogens with one attached hydrogen (secondary N) is 1. The van der Waals surface area contributed by atoms with Gasteiger partial charge in [0.25, 0.3) is 11.1 Å². The van der Waals surface area contributed by atoms with Crippen LogP contribution in [0.5, 0.6) is 5.75 Å². The van der Waals surface area contributed by atoms with Gasteiger partial charge in [-0.3, -0.25) is 4.79 Å². The molecule has 2 aromatic carbocycles. The Morgan fingerprint density at radius 1 is 1.10 bits per heavy atom. The number of ether oxygens (including phenoxy) is 1. The molecule has 0 spiro atoms. The number of hydrogen-bond donors (Lipinski definition) is 1. The topological polar surface area (TPSA) is 77.2 Å². The molecule has 0 saturated carbocycles. The SMILES string of the molecule is CC(C)Cc1ccc(C(C)NC(=O)CSc2nnc(COc3ccc(Cl)cc3)o2)cc1. The van der Waals surface area contributed by atoms with Crippen LogP contribution >= 0.6 is 23.4 Å². The molecule has 0 aliphatic carbocycles. The van der Waals surface area contributed by atoms with E-state index in [9.17, 15) is 4.79 Å². The molecule has 0 saturated heterocycles. The number of aromatic nitrogens is 2. The van der Waals surface area contributed by atoms with Crippen molar-refractivity contribution in [2.24, 2.45) is 5.92 Å². The average Bonchev–Trinajstić information content (AvgIpc) is 3.20. The summed E-state index contributed by atoms with van der Waals surface area (Å²) >= 11 is 7.04. The molecule has 3 rings (SSSR count). The Bertz CT molecular complexity index is 974. The van der Waals surface area contributed by atoms with Crippen LogP contribution in [0.1, 0.15) is 43.8 Å². The summed E-state index contributed by atoms with van der Waals surface area (Å²) < 4.78 is 11.1. The van der Waals surface area contributed by atoms with E-state index in [1.54, 1.807) is 24.3 Å². The lowest BCUT2D eigenvalue weighted by Crippen LogP contribution is -2.28. The summed E-state index contributed by atoms with van der Waals surface area (Å²) in [6.45, 7) is 6.52. The highest BCUT2D eigenvalue weighted by Gasteiger charge is 2.13. The van der Waals surface area contributed by atoms with Gasteiger partial charge in [-0.15, -0.1) is 10.2 Å². The number of rotatable bonds is 10. The Labute approximate surface area is 191 Å². The van der Waals surface area contributed by atoms with Crippen molar-refractivity contribution in [3.05, 3.63) is 70.6 Å². The molecular formula is C23H26ClN3O3S. The van der Waals surface area contributed by atoms with E-state index in [-0.39, 0.29) is 24.3 Å². The molecule has 3 aromatic rings. The maximum absolute atomic E-state index is 12.3. The lowest BCUT2D eigenvalue weighted by Gasteiger charge is -2.15. The number of carbonyl (C=O) groups is 1. The van der Waals surface area contributed by atoms with Crippen molar-refractivity contribution >= 4 is 29.3 Å². The van der Waals surface area contributed by atoms with Crippen molar-refractivity contribution in [3.8, 4) is 5.75 Å². The van der Waals surface area contributed by atoms with Crippen LogP contribution in [0.4, 0.5) is 0 Å². The van der Waals surface area contributed by atoms with E-state index in [0.29, 0.717) is 27.8 Å². The second-order valence-corrected chi connectivity index (χ2v) is 8.98. The molecule has 0 fully saturated rings. The van der Waals surface area contributed by atoms with Gasteiger partial charge in [-0.2, -0.15) is 0 Å². The molecule has 0 radical (unpaired) electrons. The van der Waals surface area contributed by atoms with E-state index in [1.165, 1.54) is 17.3 Å². The summed E-state index contributed by atoms with van der Waals surface area (Å²) in [5.74, 6) is 1.71. The number of halogens is 1. The normalized spacial score (nSPS) is 12.0. The van der Waals surface area contributed by atoms with E-state index in [2.05, 4.69) is 53.6 Å². The molecule has 1 N–H and O–H groups in total. The molecule has 6 nitrogen and oxygen atoms in total. The Balaban J connectivity index is 1.42. The highest BCUT2D eigenvalue weighted by molar-refractivity contribution is 7.99. The zero-order valence-electron chi connectivity index (χ0n) is 17.8. The predicted molar refractivity (Wildman–Crippen MR) is 122 cm³/mol. The smallest absolute Gasteiger partial charge is 0.277 e. The fourth-order valence-electron chi connectivity index (χ4n) is 2.94. The van der Waals surface area contributed by atoms with Gasteiger partial charge in [0.2, 0.25) is 5.91 Å². The average molecular weight is 460 g/mol. The number of nitrogens with zero attached hydrogens (tertiary/aromatic N) is 2. The van der Waals surface area contributed by atoms with Crippen molar-refractivity contribution in [3.63, 3.8) is 0 Å². The molecule has 1 heterocycles. The molecule has 1 unspecified atom stereocenters. The molecule has 0 bridgehead atoms. The molecule has 164 valence electrons. The minimum Gasteiger partial charge on any atom is -0.484 e. The van der Waals surface area contributed by atoms with E-state index in [1.807, 2.05) is 6.92 Å². The zero-order valence-corrected chi connectivity index (χ0v) is 19.4. The van der Waals surface area contributed by atoms with Crippen molar-refractivity contribution in [2.75, 3.05) is 5.75 Å². The summed E-state index contributed by atoms with van der Waals surface area (Å²) in [4.78, 5) is 12.3. The van der Waals surface area contributed by atoms with Crippen molar-refractivity contribution < 1.29 is 13.9 Å². The lowest BCUT2D eigenvalue weighted by molar-refractivity contribution is -0.119. The summed E-state index contributed by atoms with van der Waals surface area (Å²) in [5, 5.41) is 11.9. The first-order valence-corrected chi connectivity index (χ1v) is 11.5.